The predicted molar refractivity (Wildman–Crippen MR) is 96.2 cm³/mol. The Bertz CT molecular complexity index is 728. The summed E-state index contributed by atoms with van der Waals surface area (Å²) in [6, 6.07) is 10.6. The topological polar surface area (TPSA) is 66.0 Å². The van der Waals surface area contributed by atoms with Gasteiger partial charge < -0.3 is 24.3 Å². The Kier molecular flexibility index (Phi) is 6.28. The minimum atomic E-state index is -0.252. The van der Waals surface area contributed by atoms with Gasteiger partial charge in [-0.3, -0.25) is 4.79 Å². The minimum absolute atomic E-state index is 0.252. The Morgan fingerprint density at radius 1 is 0.840 bits per heavy atom. The average Bonchev–Trinajstić information content (AvgIpc) is 2.67. The van der Waals surface area contributed by atoms with Gasteiger partial charge >= 0.3 is 0 Å². The highest BCUT2D eigenvalue weighted by Gasteiger charge is 2.18. The summed E-state index contributed by atoms with van der Waals surface area (Å²) in [5, 5.41) is 3.03. The summed E-state index contributed by atoms with van der Waals surface area (Å²) in [5.41, 5.74) is 1.16. The van der Waals surface area contributed by atoms with E-state index >= 15 is 0 Å². The van der Waals surface area contributed by atoms with Crippen LogP contribution in [-0.2, 0) is 0 Å². The lowest BCUT2D eigenvalue weighted by Gasteiger charge is -2.13. The molecule has 2 rings (SSSR count). The maximum absolute atomic E-state index is 12.5. The maximum atomic E-state index is 12.5. The van der Waals surface area contributed by atoms with Gasteiger partial charge in [-0.2, -0.15) is 0 Å². The average molecular weight is 343 g/mol. The molecular formula is C19H21NO5. The molecule has 0 aliphatic carbocycles. The van der Waals surface area contributed by atoms with Crippen LogP contribution in [0.25, 0.3) is 0 Å². The van der Waals surface area contributed by atoms with Gasteiger partial charge in [-0.05, 0) is 24.3 Å². The summed E-state index contributed by atoms with van der Waals surface area (Å²) in [7, 11) is 6.12. The fourth-order valence-electron chi connectivity index (χ4n) is 2.23. The van der Waals surface area contributed by atoms with Crippen molar-refractivity contribution in [3.8, 4) is 23.0 Å². The van der Waals surface area contributed by atoms with Crippen molar-refractivity contribution >= 4 is 11.5 Å². The van der Waals surface area contributed by atoms with Crippen LogP contribution in [0.2, 0.25) is 0 Å². The molecule has 0 radical (unpaired) electrons. The van der Waals surface area contributed by atoms with Crippen LogP contribution >= 0.6 is 0 Å². The van der Waals surface area contributed by atoms with Crippen molar-refractivity contribution < 1.29 is 23.7 Å². The van der Waals surface area contributed by atoms with Crippen molar-refractivity contribution in [3.63, 3.8) is 0 Å². The fraction of sp³-hybridized carbons (Fsp3) is 0.211. The lowest BCUT2D eigenvalue weighted by molar-refractivity contribution is 0.104. The van der Waals surface area contributed by atoms with E-state index in [9.17, 15) is 4.79 Å². The van der Waals surface area contributed by atoms with Gasteiger partial charge in [0.2, 0.25) is 0 Å². The van der Waals surface area contributed by atoms with E-state index in [0.29, 0.717) is 22.8 Å². The molecule has 2 aromatic rings. The molecule has 0 bridgehead atoms. The lowest BCUT2D eigenvalue weighted by atomic mass is 10.1. The lowest BCUT2D eigenvalue weighted by Crippen LogP contribution is -2.04. The van der Waals surface area contributed by atoms with Crippen LogP contribution in [0.1, 0.15) is 10.4 Å². The third-order valence-electron chi connectivity index (χ3n) is 3.54. The van der Waals surface area contributed by atoms with Gasteiger partial charge in [0.15, 0.2) is 5.78 Å². The zero-order valence-electron chi connectivity index (χ0n) is 14.7. The normalized spacial score (nSPS) is 10.4. The first-order valence-electron chi connectivity index (χ1n) is 7.54. The fourth-order valence-corrected chi connectivity index (χ4v) is 2.23. The van der Waals surface area contributed by atoms with Crippen LogP contribution in [-0.4, -0.2) is 34.2 Å². The number of rotatable bonds is 8. The molecule has 2 aromatic carbocycles. The van der Waals surface area contributed by atoms with Crippen molar-refractivity contribution in [3.05, 3.63) is 54.2 Å². The molecule has 0 spiro atoms. The van der Waals surface area contributed by atoms with E-state index < -0.39 is 0 Å². The Morgan fingerprint density at radius 3 is 1.88 bits per heavy atom. The zero-order valence-corrected chi connectivity index (χ0v) is 14.7. The molecule has 0 aliphatic rings. The molecule has 0 fully saturated rings. The van der Waals surface area contributed by atoms with Crippen LogP contribution in [0.15, 0.2) is 48.7 Å². The third kappa shape index (κ3) is 4.44. The van der Waals surface area contributed by atoms with E-state index in [1.165, 1.54) is 27.4 Å². The van der Waals surface area contributed by atoms with Crippen LogP contribution in [0.3, 0.4) is 0 Å². The molecule has 6 nitrogen and oxygen atoms in total. The predicted octanol–water partition coefficient (Wildman–Crippen LogP) is 3.53. The van der Waals surface area contributed by atoms with Crippen LogP contribution < -0.4 is 24.3 Å². The number of ether oxygens (including phenoxy) is 4. The highest BCUT2D eigenvalue weighted by Crippen LogP contribution is 2.34. The van der Waals surface area contributed by atoms with Crippen molar-refractivity contribution in [2.45, 2.75) is 0 Å². The van der Waals surface area contributed by atoms with Gasteiger partial charge in [0.05, 0.1) is 28.4 Å². The number of anilines is 1. The Morgan fingerprint density at radius 2 is 1.40 bits per heavy atom. The molecule has 25 heavy (non-hydrogen) atoms. The molecule has 0 unspecified atom stereocenters. The summed E-state index contributed by atoms with van der Waals surface area (Å²) in [6.45, 7) is 0. The number of hydrogen-bond donors (Lipinski definition) is 1. The minimum Gasteiger partial charge on any atom is -0.497 e. The van der Waals surface area contributed by atoms with Crippen molar-refractivity contribution in [1.82, 2.24) is 0 Å². The van der Waals surface area contributed by atoms with Gasteiger partial charge in [-0.25, -0.2) is 0 Å². The summed E-state index contributed by atoms with van der Waals surface area (Å²) in [4.78, 5) is 12.5. The molecule has 0 saturated heterocycles. The van der Waals surface area contributed by atoms with E-state index in [1.807, 2.05) is 24.3 Å². The van der Waals surface area contributed by atoms with E-state index in [2.05, 4.69) is 5.32 Å². The SMILES string of the molecule is COc1ccc(N/C=C\C(=O)c2c(OC)cc(OC)cc2OC)cc1. The molecule has 0 saturated carbocycles. The first-order valence-corrected chi connectivity index (χ1v) is 7.54. The number of ketones is 1. The highest BCUT2D eigenvalue weighted by molar-refractivity contribution is 6.09. The van der Waals surface area contributed by atoms with Crippen molar-refractivity contribution in [2.24, 2.45) is 0 Å². The van der Waals surface area contributed by atoms with Crippen LogP contribution in [0.5, 0.6) is 23.0 Å². The first kappa shape index (κ1) is 18.2. The second-order valence-corrected chi connectivity index (χ2v) is 4.98. The molecule has 0 aliphatic heterocycles. The highest BCUT2D eigenvalue weighted by atomic mass is 16.5. The molecule has 0 amide bonds. The van der Waals surface area contributed by atoms with Gasteiger partial charge in [0, 0.05) is 30.1 Å². The number of carbonyl (C=O) groups is 1. The Balaban J connectivity index is 2.18. The second-order valence-electron chi connectivity index (χ2n) is 4.98. The van der Waals surface area contributed by atoms with Gasteiger partial charge in [-0.1, -0.05) is 0 Å². The summed E-state index contributed by atoms with van der Waals surface area (Å²) < 4.78 is 20.9. The summed E-state index contributed by atoms with van der Waals surface area (Å²) >= 11 is 0. The van der Waals surface area contributed by atoms with Gasteiger partial charge in [0.1, 0.15) is 28.6 Å². The number of benzene rings is 2. The van der Waals surface area contributed by atoms with E-state index in [1.54, 1.807) is 25.4 Å². The summed E-state index contributed by atoms with van der Waals surface area (Å²) in [6.07, 6.45) is 2.98. The number of nitrogens with one attached hydrogen (secondary N) is 1. The molecule has 0 heterocycles. The standard InChI is InChI=1S/C19H21NO5/c1-22-14-7-5-13(6-8-14)20-10-9-16(21)19-17(24-3)11-15(23-2)12-18(19)25-4/h5-12,20H,1-4H3/b10-9-. The number of carbonyl (C=O) groups excluding carboxylic acids is 1. The Labute approximate surface area is 147 Å². The quantitative estimate of drug-likeness (QED) is 0.584. The Hall–Kier alpha value is -3.15. The van der Waals surface area contributed by atoms with E-state index in [-0.39, 0.29) is 5.78 Å². The maximum Gasteiger partial charge on any atom is 0.194 e. The van der Waals surface area contributed by atoms with Crippen molar-refractivity contribution in [2.75, 3.05) is 33.8 Å². The summed E-state index contributed by atoms with van der Waals surface area (Å²) in [5.74, 6) is 1.83. The third-order valence-corrected chi connectivity index (χ3v) is 3.54. The largest absolute Gasteiger partial charge is 0.497 e. The zero-order chi connectivity index (χ0) is 18.2. The van der Waals surface area contributed by atoms with E-state index in [4.69, 9.17) is 18.9 Å². The number of methoxy groups -OCH3 is 4. The van der Waals surface area contributed by atoms with Crippen LogP contribution in [0, 0.1) is 0 Å². The number of hydrogen-bond acceptors (Lipinski definition) is 6. The molecule has 0 atom stereocenters. The van der Waals surface area contributed by atoms with E-state index in [0.717, 1.165) is 11.4 Å². The molecule has 1 N–H and O–H groups in total. The molecule has 132 valence electrons. The molecule has 6 heteroatoms. The van der Waals surface area contributed by atoms with Crippen LogP contribution in [0.4, 0.5) is 5.69 Å². The van der Waals surface area contributed by atoms with Gasteiger partial charge in [0.25, 0.3) is 0 Å². The van der Waals surface area contributed by atoms with Gasteiger partial charge in [-0.15, -0.1) is 0 Å². The van der Waals surface area contributed by atoms with Crippen molar-refractivity contribution in [1.29, 1.82) is 0 Å². The first-order chi connectivity index (χ1) is 12.1. The molecular weight excluding hydrogens is 322 g/mol. The smallest absolute Gasteiger partial charge is 0.194 e. The molecule has 0 aromatic heterocycles. The monoisotopic (exact) mass is 343 g/mol. The second kappa shape index (κ2) is 8.63. The number of allylic oxidation sites excluding steroid dienone is 1.